The summed E-state index contributed by atoms with van der Waals surface area (Å²) >= 11 is 0. The van der Waals surface area contributed by atoms with Crippen molar-refractivity contribution in [3.8, 4) is 0 Å². The molecule has 0 heterocycles. The van der Waals surface area contributed by atoms with Crippen LogP contribution in [0.1, 0.15) is 40.0 Å². The Morgan fingerprint density at radius 1 is 1.00 bits per heavy atom. The maximum atomic E-state index is 11.9. The van der Waals surface area contributed by atoms with Gasteiger partial charge in [0.15, 0.2) is 8.32 Å². The van der Waals surface area contributed by atoms with Crippen LogP contribution in [0.2, 0.25) is 24.5 Å². The van der Waals surface area contributed by atoms with Crippen LogP contribution >= 0.6 is 0 Å². The summed E-state index contributed by atoms with van der Waals surface area (Å²) in [6.07, 6.45) is 0.971. The van der Waals surface area contributed by atoms with Crippen molar-refractivity contribution in [1.82, 2.24) is 0 Å². The van der Waals surface area contributed by atoms with E-state index in [4.69, 9.17) is 4.43 Å². The summed E-state index contributed by atoms with van der Waals surface area (Å²) < 4.78 is 41.7. The molecule has 0 saturated carbocycles. The molecular weight excluding hydrogens is 283 g/mol. The Morgan fingerprint density at radius 3 is 1.89 bits per heavy atom. The molecule has 0 aliphatic heterocycles. The van der Waals surface area contributed by atoms with E-state index in [0.717, 1.165) is 6.42 Å². The van der Waals surface area contributed by atoms with Crippen molar-refractivity contribution in [3.05, 3.63) is 0 Å². The Kier molecular flexibility index (Phi) is 10.8. The summed E-state index contributed by atoms with van der Waals surface area (Å²) in [6, 6.07) is 0. The molecule has 0 saturated heterocycles. The second-order valence-electron chi connectivity index (χ2n) is 6.17. The molecule has 0 aliphatic carbocycles. The van der Waals surface area contributed by atoms with Crippen LogP contribution in [0.15, 0.2) is 0 Å². The molecule has 0 N–H and O–H groups in total. The first-order valence-electron chi connectivity index (χ1n) is 6.31. The van der Waals surface area contributed by atoms with Crippen molar-refractivity contribution in [2.24, 2.45) is 0 Å². The zero-order valence-corrected chi connectivity index (χ0v) is 16.8. The fourth-order valence-electron chi connectivity index (χ4n) is 1.20. The molecule has 0 amide bonds. The van der Waals surface area contributed by atoms with Crippen LogP contribution in [-0.4, -0.2) is 21.9 Å². The first-order valence-corrected chi connectivity index (χ1v) is 9.21. The van der Waals surface area contributed by atoms with Crippen LogP contribution in [0.3, 0.4) is 0 Å². The van der Waals surface area contributed by atoms with E-state index in [2.05, 4.69) is 33.9 Å². The zero-order valence-electron chi connectivity index (χ0n) is 12.7. The third-order valence-corrected chi connectivity index (χ3v) is 7.98. The molecule has 0 bridgehead atoms. The van der Waals surface area contributed by atoms with Gasteiger partial charge in [-0.1, -0.05) is 39.9 Å². The first kappa shape index (κ1) is 22.0. The van der Waals surface area contributed by atoms with Crippen molar-refractivity contribution in [1.29, 1.82) is 0 Å². The van der Waals surface area contributed by atoms with Crippen LogP contribution in [0.25, 0.3) is 0 Å². The third kappa shape index (κ3) is 10.5. The SMILES string of the molecule is CC(C)(C)[Si](C)(C)OCCCCC[B-](F)(F)F.[K+]. The van der Waals surface area contributed by atoms with Crippen LogP contribution in [0.4, 0.5) is 12.9 Å². The van der Waals surface area contributed by atoms with Crippen LogP contribution in [0.5, 0.6) is 0 Å². The Bertz CT molecular complexity index is 229. The Balaban J connectivity index is 0. The minimum absolute atomic E-state index is 0. The van der Waals surface area contributed by atoms with Gasteiger partial charge in [0.2, 0.25) is 0 Å². The number of halogens is 3. The van der Waals surface area contributed by atoms with Gasteiger partial charge in [-0.3, -0.25) is 0 Å². The molecule has 0 rings (SSSR count). The van der Waals surface area contributed by atoms with Crippen molar-refractivity contribution < 1.29 is 68.8 Å². The number of hydrogen-bond acceptors (Lipinski definition) is 1. The monoisotopic (exact) mass is 308 g/mol. The van der Waals surface area contributed by atoms with Crippen molar-refractivity contribution in [3.63, 3.8) is 0 Å². The molecular formula is C11H25BF3KOSi. The second kappa shape index (κ2) is 8.84. The van der Waals surface area contributed by atoms with E-state index in [1.807, 2.05) is 0 Å². The summed E-state index contributed by atoms with van der Waals surface area (Å²) in [7, 11) is -1.72. The van der Waals surface area contributed by atoms with E-state index < -0.39 is 21.6 Å². The topological polar surface area (TPSA) is 9.23 Å². The minimum Gasteiger partial charge on any atom is -0.449 e. The van der Waals surface area contributed by atoms with E-state index in [-0.39, 0.29) is 62.8 Å². The quantitative estimate of drug-likeness (QED) is 0.516. The number of rotatable bonds is 7. The third-order valence-electron chi connectivity index (χ3n) is 3.44. The first-order chi connectivity index (χ1) is 7.46. The Morgan fingerprint density at radius 2 is 1.50 bits per heavy atom. The van der Waals surface area contributed by atoms with Crippen LogP contribution < -0.4 is 51.4 Å². The maximum absolute atomic E-state index is 11.9. The Labute approximate surface area is 153 Å². The van der Waals surface area contributed by atoms with Crippen molar-refractivity contribution >= 4 is 15.3 Å². The molecule has 0 atom stereocenters. The van der Waals surface area contributed by atoms with Gasteiger partial charge < -0.3 is 17.4 Å². The van der Waals surface area contributed by atoms with E-state index in [1.54, 1.807) is 0 Å². The molecule has 0 aromatic heterocycles. The molecule has 104 valence electrons. The van der Waals surface area contributed by atoms with Crippen molar-refractivity contribution in [2.45, 2.75) is 64.5 Å². The van der Waals surface area contributed by atoms with E-state index in [0.29, 0.717) is 13.0 Å². The summed E-state index contributed by atoms with van der Waals surface area (Å²) in [4.78, 5) is 0. The predicted octanol–water partition coefficient (Wildman–Crippen LogP) is 2.03. The summed E-state index contributed by atoms with van der Waals surface area (Å²) in [5, 5.41) is 0.169. The van der Waals surface area contributed by atoms with Gasteiger partial charge in [-0.05, 0) is 24.6 Å². The molecule has 0 unspecified atom stereocenters. The fraction of sp³-hybridized carbons (Fsp3) is 1.00. The van der Waals surface area contributed by atoms with Gasteiger partial charge in [0.1, 0.15) is 0 Å². The van der Waals surface area contributed by atoms with Crippen LogP contribution in [-0.2, 0) is 4.43 Å². The van der Waals surface area contributed by atoms with Gasteiger partial charge in [-0.15, -0.1) is 0 Å². The predicted molar refractivity (Wildman–Crippen MR) is 70.9 cm³/mol. The number of hydrogen-bond donors (Lipinski definition) is 0. The minimum atomic E-state index is -4.60. The van der Waals surface area contributed by atoms with Gasteiger partial charge in [-0.2, -0.15) is 0 Å². The average molecular weight is 308 g/mol. The molecule has 0 fully saturated rings. The van der Waals surface area contributed by atoms with Gasteiger partial charge >= 0.3 is 58.4 Å². The molecule has 1 nitrogen and oxygen atoms in total. The van der Waals surface area contributed by atoms with Crippen molar-refractivity contribution in [2.75, 3.05) is 6.61 Å². The standard InChI is InChI=1S/C11H25BF3OSi.K/c1-11(2,3)17(4,5)16-10-8-6-7-9-12(13,14)15;/h6-10H2,1-5H3;/q-1;+1. The molecule has 0 aliphatic rings. The Hall–Kier alpha value is 1.67. The van der Waals surface area contributed by atoms with E-state index in [1.165, 1.54) is 0 Å². The molecule has 18 heavy (non-hydrogen) atoms. The van der Waals surface area contributed by atoms with Crippen LogP contribution in [0, 0.1) is 0 Å². The van der Waals surface area contributed by atoms with Gasteiger partial charge in [0.25, 0.3) is 0 Å². The smallest absolute Gasteiger partial charge is 0.449 e. The molecule has 7 heteroatoms. The zero-order chi connectivity index (χ0) is 13.7. The maximum Gasteiger partial charge on any atom is 1.00 e. The number of unbranched alkanes of at least 4 members (excludes halogenated alkanes) is 2. The molecule has 0 aromatic rings. The summed E-state index contributed by atoms with van der Waals surface area (Å²) in [5.74, 6) is 0. The fourth-order valence-corrected chi connectivity index (χ4v) is 2.29. The van der Waals surface area contributed by atoms with Gasteiger partial charge in [-0.25, -0.2) is 0 Å². The molecule has 0 spiro atoms. The summed E-state index contributed by atoms with van der Waals surface area (Å²) in [6.45, 7) is 6.79. The largest absolute Gasteiger partial charge is 1.00 e. The second-order valence-corrected chi connectivity index (χ2v) is 11.0. The molecule has 0 aromatic carbocycles. The normalized spacial score (nSPS) is 13.3. The molecule has 0 radical (unpaired) electrons. The van der Waals surface area contributed by atoms with E-state index >= 15 is 0 Å². The van der Waals surface area contributed by atoms with E-state index in [9.17, 15) is 12.9 Å². The average Bonchev–Trinajstić information content (AvgIpc) is 2.07. The van der Waals surface area contributed by atoms with Gasteiger partial charge in [0, 0.05) is 6.61 Å². The summed E-state index contributed by atoms with van der Waals surface area (Å²) in [5.41, 5.74) is 0. The van der Waals surface area contributed by atoms with Gasteiger partial charge in [0.05, 0.1) is 0 Å².